The quantitative estimate of drug-likeness (QED) is 0.553. The Morgan fingerprint density at radius 3 is 2.18 bits per heavy atom. The van der Waals surface area contributed by atoms with Gasteiger partial charge in [-0.25, -0.2) is 0 Å². The first-order valence-corrected chi connectivity index (χ1v) is 7.30. The molecule has 0 amide bonds. The molecule has 1 heterocycles. The van der Waals surface area contributed by atoms with Gasteiger partial charge in [0.05, 0.1) is 17.1 Å². The van der Waals surface area contributed by atoms with Crippen LogP contribution in [0.15, 0.2) is 12.2 Å². The maximum atomic E-state index is 12.1. The van der Waals surface area contributed by atoms with E-state index in [1.54, 1.807) is 0 Å². The second-order valence-corrected chi connectivity index (χ2v) is 6.53. The van der Waals surface area contributed by atoms with Gasteiger partial charge in [0.1, 0.15) is 0 Å². The highest BCUT2D eigenvalue weighted by molar-refractivity contribution is 14.1. The van der Waals surface area contributed by atoms with Crippen molar-refractivity contribution in [3.8, 4) is 0 Å². The summed E-state index contributed by atoms with van der Waals surface area (Å²) in [6.07, 6.45) is 2.92. The van der Waals surface area contributed by atoms with Crippen molar-refractivity contribution in [2.75, 3.05) is 13.2 Å². The van der Waals surface area contributed by atoms with Crippen molar-refractivity contribution in [3.63, 3.8) is 0 Å². The average Bonchev–Trinajstić information content (AvgIpc) is 2.30. The standard InChI is InChI=1S/C12H17F2IO2/c13-11(14)5-8-1-3-9(4-2-8)12-16-6-10(15)7-17-12/h5,8-10,12H,1-4,6-7H2. The second kappa shape index (κ2) is 6.43. The third-order valence-corrected chi connectivity index (χ3v) is 4.16. The Balaban J connectivity index is 1.77. The molecule has 0 spiro atoms. The minimum absolute atomic E-state index is 0.0390. The summed E-state index contributed by atoms with van der Waals surface area (Å²) in [4.78, 5) is 0. The number of alkyl halides is 1. The minimum Gasteiger partial charge on any atom is -0.351 e. The van der Waals surface area contributed by atoms with E-state index in [2.05, 4.69) is 22.6 Å². The highest BCUT2D eigenvalue weighted by Gasteiger charge is 2.31. The van der Waals surface area contributed by atoms with Gasteiger partial charge in [-0.1, -0.05) is 22.6 Å². The van der Waals surface area contributed by atoms with Crippen LogP contribution in [0.2, 0.25) is 0 Å². The van der Waals surface area contributed by atoms with Crippen molar-refractivity contribution in [1.29, 1.82) is 0 Å². The molecule has 2 fully saturated rings. The average molecular weight is 358 g/mol. The van der Waals surface area contributed by atoms with Gasteiger partial charge in [0.25, 0.3) is 6.08 Å². The number of halogens is 3. The van der Waals surface area contributed by atoms with Crippen LogP contribution in [-0.4, -0.2) is 23.4 Å². The third kappa shape index (κ3) is 4.13. The zero-order valence-corrected chi connectivity index (χ0v) is 11.7. The summed E-state index contributed by atoms with van der Waals surface area (Å²) in [5.41, 5.74) is 0. The molecule has 2 nitrogen and oxygen atoms in total. The Hall–Kier alpha value is 0.250. The first-order chi connectivity index (χ1) is 8.15. The van der Waals surface area contributed by atoms with Crippen LogP contribution in [0, 0.1) is 11.8 Å². The van der Waals surface area contributed by atoms with Gasteiger partial charge < -0.3 is 9.47 Å². The van der Waals surface area contributed by atoms with Crippen molar-refractivity contribution in [3.05, 3.63) is 12.2 Å². The highest BCUT2D eigenvalue weighted by Crippen LogP contribution is 2.35. The fourth-order valence-corrected chi connectivity index (χ4v) is 2.94. The molecule has 17 heavy (non-hydrogen) atoms. The number of ether oxygens (including phenoxy) is 2. The Morgan fingerprint density at radius 1 is 1.06 bits per heavy atom. The largest absolute Gasteiger partial charge is 0.351 e. The molecule has 1 aliphatic heterocycles. The van der Waals surface area contributed by atoms with E-state index in [0.717, 1.165) is 45.0 Å². The molecule has 0 N–H and O–H groups in total. The minimum atomic E-state index is -1.55. The van der Waals surface area contributed by atoms with Crippen LogP contribution in [0.3, 0.4) is 0 Å². The molecule has 1 saturated heterocycles. The zero-order chi connectivity index (χ0) is 12.3. The smallest absolute Gasteiger partial charge is 0.266 e. The van der Waals surface area contributed by atoms with Crippen molar-refractivity contribution >= 4 is 22.6 Å². The van der Waals surface area contributed by atoms with Crippen LogP contribution in [0.1, 0.15) is 25.7 Å². The number of rotatable bonds is 2. The van der Waals surface area contributed by atoms with Crippen molar-refractivity contribution in [2.45, 2.75) is 35.9 Å². The predicted molar refractivity (Wildman–Crippen MR) is 69.2 cm³/mol. The fourth-order valence-electron chi connectivity index (χ4n) is 2.53. The van der Waals surface area contributed by atoms with Crippen molar-refractivity contribution in [1.82, 2.24) is 0 Å². The molecule has 1 aliphatic carbocycles. The monoisotopic (exact) mass is 358 g/mol. The van der Waals surface area contributed by atoms with Crippen LogP contribution < -0.4 is 0 Å². The van der Waals surface area contributed by atoms with Gasteiger partial charge in [-0.05, 0) is 37.7 Å². The summed E-state index contributed by atoms with van der Waals surface area (Å²) >= 11 is 2.31. The van der Waals surface area contributed by atoms with E-state index in [9.17, 15) is 8.78 Å². The van der Waals surface area contributed by atoms with Gasteiger partial charge in [-0.2, -0.15) is 8.78 Å². The van der Waals surface area contributed by atoms with Crippen LogP contribution >= 0.6 is 22.6 Å². The molecule has 0 aromatic rings. The second-order valence-electron chi connectivity index (χ2n) is 4.76. The highest BCUT2D eigenvalue weighted by atomic mass is 127. The van der Waals surface area contributed by atoms with Crippen LogP contribution in [0.4, 0.5) is 8.78 Å². The first kappa shape index (κ1) is 13.7. The lowest BCUT2D eigenvalue weighted by Crippen LogP contribution is -2.38. The van der Waals surface area contributed by atoms with Gasteiger partial charge in [0.15, 0.2) is 6.29 Å². The maximum absolute atomic E-state index is 12.1. The molecule has 0 aromatic heterocycles. The zero-order valence-electron chi connectivity index (χ0n) is 9.58. The number of allylic oxidation sites excluding steroid dienone is 1. The Labute approximate surface area is 114 Å². The van der Waals surface area contributed by atoms with Crippen molar-refractivity contribution < 1.29 is 18.3 Å². The molecule has 0 radical (unpaired) electrons. The molecule has 98 valence electrons. The van der Waals surface area contributed by atoms with E-state index in [4.69, 9.17) is 9.47 Å². The molecule has 0 bridgehead atoms. The summed E-state index contributed by atoms with van der Waals surface area (Å²) in [6.45, 7) is 1.48. The third-order valence-electron chi connectivity index (χ3n) is 3.45. The molecular formula is C12H17F2IO2. The van der Waals surface area contributed by atoms with Gasteiger partial charge in [-0.3, -0.25) is 0 Å². The van der Waals surface area contributed by atoms with E-state index in [-0.39, 0.29) is 12.2 Å². The van der Waals surface area contributed by atoms with Crippen molar-refractivity contribution in [2.24, 2.45) is 11.8 Å². The van der Waals surface area contributed by atoms with Gasteiger partial charge in [0, 0.05) is 5.92 Å². The van der Waals surface area contributed by atoms with Gasteiger partial charge in [-0.15, -0.1) is 0 Å². The Morgan fingerprint density at radius 2 is 1.65 bits per heavy atom. The SMILES string of the molecule is FC(F)=CC1CCC(C2OCC(I)CO2)CC1. The Kier molecular flexibility index (Phi) is 5.17. The van der Waals surface area contributed by atoms with Crippen LogP contribution in [-0.2, 0) is 9.47 Å². The van der Waals surface area contributed by atoms with Crippen LogP contribution in [0.25, 0.3) is 0 Å². The van der Waals surface area contributed by atoms with E-state index in [1.165, 1.54) is 0 Å². The molecule has 2 rings (SSSR count). The van der Waals surface area contributed by atoms with E-state index < -0.39 is 6.08 Å². The Bertz CT molecular complexity index is 266. The summed E-state index contributed by atoms with van der Waals surface area (Å²) in [6, 6.07) is 0. The lowest BCUT2D eigenvalue weighted by molar-refractivity contribution is -0.205. The lowest BCUT2D eigenvalue weighted by atomic mass is 9.81. The number of hydrogen-bond acceptors (Lipinski definition) is 2. The topological polar surface area (TPSA) is 18.5 Å². The van der Waals surface area contributed by atoms with Gasteiger partial charge in [0.2, 0.25) is 0 Å². The molecule has 0 aromatic carbocycles. The summed E-state index contributed by atoms with van der Waals surface area (Å²) in [7, 11) is 0. The fraction of sp³-hybridized carbons (Fsp3) is 0.833. The molecule has 0 unspecified atom stereocenters. The lowest BCUT2D eigenvalue weighted by Gasteiger charge is -2.35. The first-order valence-electron chi connectivity index (χ1n) is 6.05. The molecule has 1 saturated carbocycles. The van der Waals surface area contributed by atoms with E-state index >= 15 is 0 Å². The van der Waals surface area contributed by atoms with Gasteiger partial charge >= 0.3 is 0 Å². The molecule has 0 atom stereocenters. The molecular weight excluding hydrogens is 341 g/mol. The summed E-state index contributed by atoms with van der Waals surface area (Å²) in [5.74, 6) is 0.420. The van der Waals surface area contributed by atoms with E-state index in [1.807, 2.05) is 0 Å². The summed E-state index contributed by atoms with van der Waals surface area (Å²) < 4.78 is 36.0. The maximum Gasteiger partial charge on any atom is 0.266 e. The molecule has 5 heteroatoms. The number of hydrogen-bond donors (Lipinski definition) is 0. The normalized spacial score (nSPS) is 38.8. The molecule has 2 aliphatic rings. The van der Waals surface area contributed by atoms with Crippen LogP contribution in [0.5, 0.6) is 0 Å². The summed E-state index contributed by atoms with van der Waals surface area (Å²) in [5, 5.41) is 0. The van der Waals surface area contributed by atoms with E-state index in [0.29, 0.717) is 9.84 Å². The predicted octanol–water partition coefficient (Wildman–Crippen LogP) is 3.75.